The van der Waals surface area contributed by atoms with Crippen molar-refractivity contribution in [1.82, 2.24) is 14.1 Å². The van der Waals surface area contributed by atoms with Crippen molar-refractivity contribution in [1.29, 1.82) is 0 Å². The van der Waals surface area contributed by atoms with Gasteiger partial charge in [-0.2, -0.15) is 0 Å². The number of carbonyl (C=O) groups excluding carboxylic acids is 1. The maximum Gasteiger partial charge on any atom is 0.333 e. The largest absolute Gasteiger partial charge is 0.344 e. The number of para-hydroxylation sites is 1. The highest BCUT2D eigenvalue weighted by molar-refractivity contribution is 6.11. The van der Waals surface area contributed by atoms with Gasteiger partial charge < -0.3 is 14.9 Å². The molecule has 0 atom stereocenters. The van der Waals surface area contributed by atoms with Crippen LogP contribution in [0.5, 0.6) is 0 Å². The molecule has 150 valence electrons. The summed E-state index contributed by atoms with van der Waals surface area (Å²) >= 11 is 0. The van der Waals surface area contributed by atoms with E-state index in [1.807, 2.05) is 0 Å². The molecule has 0 aliphatic rings. The van der Waals surface area contributed by atoms with E-state index >= 15 is 0 Å². The number of nitrogens with one attached hydrogen (secondary N) is 2. The molecule has 0 radical (unpaired) electrons. The lowest BCUT2D eigenvalue weighted by molar-refractivity contribution is -0.384. The Morgan fingerprint density at radius 1 is 1.10 bits per heavy atom. The van der Waals surface area contributed by atoms with Crippen molar-refractivity contribution in [2.75, 3.05) is 5.32 Å². The summed E-state index contributed by atoms with van der Waals surface area (Å²) in [6.45, 7) is 0. The predicted molar refractivity (Wildman–Crippen MR) is 110 cm³/mol. The number of aryl methyl sites for hydroxylation is 1. The fourth-order valence-electron chi connectivity index (χ4n) is 3.25. The number of benzene rings is 2. The summed E-state index contributed by atoms with van der Waals surface area (Å²) in [7, 11) is 1.58. The summed E-state index contributed by atoms with van der Waals surface area (Å²) in [5.41, 5.74) is -0.532. The lowest BCUT2D eigenvalue weighted by Gasteiger charge is -2.06. The van der Waals surface area contributed by atoms with E-state index in [1.54, 1.807) is 37.4 Å². The summed E-state index contributed by atoms with van der Waals surface area (Å²) in [4.78, 5) is 51.3. The number of aromatic nitrogens is 3. The molecular formula is C20H15N5O5. The van der Waals surface area contributed by atoms with Gasteiger partial charge in [0.1, 0.15) is 5.52 Å². The van der Waals surface area contributed by atoms with E-state index in [-0.39, 0.29) is 28.0 Å². The highest BCUT2D eigenvalue weighted by Crippen LogP contribution is 2.20. The second-order valence-electron chi connectivity index (χ2n) is 6.55. The van der Waals surface area contributed by atoms with Gasteiger partial charge in [0.15, 0.2) is 0 Å². The molecule has 2 N–H and O–H groups in total. The minimum Gasteiger partial charge on any atom is -0.344 e. The molecule has 2 heterocycles. The number of carbonyl (C=O) groups is 1. The molecule has 1 amide bonds. The molecule has 4 aromatic rings. The number of nitro benzene ring substituents is 1. The number of hydrogen-bond acceptors (Lipinski definition) is 5. The Bertz CT molecular complexity index is 1420. The number of non-ortho nitro benzene ring substituents is 1. The number of amides is 1. The molecule has 10 heteroatoms. The minimum atomic E-state index is -0.686. The molecular weight excluding hydrogens is 390 g/mol. The van der Waals surface area contributed by atoms with Crippen LogP contribution in [-0.2, 0) is 7.05 Å². The normalized spacial score (nSPS) is 10.8. The summed E-state index contributed by atoms with van der Waals surface area (Å²) in [6.07, 6.45) is 1.42. The molecule has 0 bridgehead atoms. The molecule has 0 saturated heterocycles. The van der Waals surface area contributed by atoms with Crippen LogP contribution in [0.25, 0.3) is 16.7 Å². The molecule has 2 aromatic heterocycles. The van der Waals surface area contributed by atoms with E-state index in [4.69, 9.17) is 0 Å². The van der Waals surface area contributed by atoms with Crippen LogP contribution in [-0.4, -0.2) is 24.9 Å². The Kier molecular flexibility index (Phi) is 4.51. The zero-order valence-corrected chi connectivity index (χ0v) is 15.7. The number of hydrogen-bond donors (Lipinski definition) is 2. The van der Waals surface area contributed by atoms with Crippen molar-refractivity contribution in [3.8, 4) is 5.69 Å². The van der Waals surface area contributed by atoms with Crippen LogP contribution >= 0.6 is 0 Å². The first-order valence-corrected chi connectivity index (χ1v) is 8.82. The fraction of sp³-hybridized carbons (Fsp3) is 0.0500. The van der Waals surface area contributed by atoms with E-state index in [0.29, 0.717) is 5.69 Å². The predicted octanol–water partition coefficient (Wildman–Crippen LogP) is 2.18. The summed E-state index contributed by atoms with van der Waals surface area (Å²) in [5, 5.41) is 13.5. The van der Waals surface area contributed by atoms with Crippen LogP contribution in [0.4, 0.5) is 11.4 Å². The SMILES string of the molecule is Cn1cc(C(=O)Nc2cccc([N+](=O)[O-])c2)c2[nH]c(=O)n(-c3ccccc3)c(=O)c21. The number of anilines is 1. The number of rotatable bonds is 4. The maximum absolute atomic E-state index is 13.0. The highest BCUT2D eigenvalue weighted by atomic mass is 16.6. The smallest absolute Gasteiger partial charge is 0.333 e. The van der Waals surface area contributed by atoms with Crippen molar-refractivity contribution in [3.05, 3.63) is 97.3 Å². The second kappa shape index (κ2) is 7.17. The van der Waals surface area contributed by atoms with Crippen molar-refractivity contribution in [2.45, 2.75) is 0 Å². The van der Waals surface area contributed by atoms with Gasteiger partial charge in [-0.25, -0.2) is 9.36 Å². The van der Waals surface area contributed by atoms with Gasteiger partial charge in [-0.1, -0.05) is 24.3 Å². The summed E-state index contributed by atoms with van der Waals surface area (Å²) < 4.78 is 2.44. The first kappa shape index (κ1) is 18.9. The van der Waals surface area contributed by atoms with Gasteiger partial charge in [0.05, 0.1) is 21.7 Å². The molecule has 0 aliphatic heterocycles. The van der Waals surface area contributed by atoms with E-state index in [0.717, 1.165) is 4.57 Å². The van der Waals surface area contributed by atoms with Crippen LogP contribution in [0.3, 0.4) is 0 Å². The van der Waals surface area contributed by atoms with Crippen molar-refractivity contribution < 1.29 is 9.72 Å². The molecule has 2 aromatic carbocycles. The number of fused-ring (bicyclic) bond motifs is 1. The van der Waals surface area contributed by atoms with E-state index in [2.05, 4.69) is 10.3 Å². The lowest BCUT2D eigenvalue weighted by Crippen LogP contribution is -2.34. The van der Waals surface area contributed by atoms with Gasteiger partial charge >= 0.3 is 5.69 Å². The molecule has 0 saturated carbocycles. The zero-order chi connectivity index (χ0) is 21.4. The number of nitro groups is 1. The first-order valence-electron chi connectivity index (χ1n) is 8.82. The van der Waals surface area contributed by atoms with Gasteiger partial charge in [0.25, 0.3) is 17.2 Å². The Balaban J connectivity index is 1.81. The molecule has 0 spiro atoms. The zero-order valence-electron chi connectivity index (χ0n) is 15.7. The standard InChI is InChI=1S/C20H15N5O5/c1-23-11-15(18(26)21-12-6-5-9-14(10-12)25(29)30)16-17(23)19(27)24(20(28)22-16)13-7-3-2-4-8-13/h2-11H,1H3,(H,21,26)(H,22,28). The average molecular weight is 405 g/mol. The lowest BCUT2D eigenvalue weighted by atomic mass is 10.2. The fourth-order valence-corrected chi connectivity index (χ4v) is 3.25. The molecule has 10 nitrogen and oxygen atoms in total. The quantitative estimate of drug-likeness (QED) is 0.397. The molecule has 0 fully saturated rings. The summed E-state index contributed by atoms with van der Waals surface area (Å²) in [5.74, 6) is -0.617. The topological polar surface area (TPSA) is 132 Å². The molecule has 30 heavy (non-hydrogen) atoms. The van der Waals surface area contributed by atoms with Gasteiger partial charge in [0, 0.05) is 31.1 Å². The van der Waals surface area contributed by atoms with Gasteiger partial charge in [0.2, 0.25) is 0 Å². The molecule has 0 unspecified atom stereocenters. The van der Waals surface area contributed by atoms with Crippen LogP contribution in [0.2, 0.25) is 0 Å². The van der Waals surface area contributed by atoms with Crippen molar-refractivity contribution in [2.24, 2.45) is 7.05 Å². The van der Waals surface area contributed by atoms with Gasteiger partial charge in [-0.05, 0) is 18.2 Å². The average Bonchev–Trinajstić information content (AvgIpc) is 3.05. The van der Waals surface area contributed by atoms with Crippen LogP contribution in [0.1, 0.15) is 10.4 Å². The third-order valence-electron chi connectivity index (χ3n) is 4.60. The Morgan fingerprint density at radius 2 is 1.83 bits per heavy atom. The third-order valence-corrected chi connectivity index (χ3v) is 4.60. The molecule has 4 rings (SSSR count). The molecule has 0 aliphatic carbocycles. The number of nitrogens with zero attached hydrogens (tertiary/aromatic N) is 3. The Hall–Kier alpha value is -4.47. The first-order chi connectivity index (χ1) is 14.4. The van der Waals surface area contributed by atoms with Gasteiger partial charge in [-0.15, -0.1) is 0 Å². The van der Waals surface area contributed by atoms with Gasteiger partial charge in [-0.3, -0.25) is 19.7 Å². The van der Waals surface area contributed by atoms with Crippen molar-refractivity contribution in [3.63, 3.8) is 0 Å². The number of H-pyrrole nitrogens is 1. The Labute approximate surface area is 168 Å². The van der Waals surface area contributed by atoms with Crippen LogP contribution in [0.15, 0.2) is 70.4 Å². The van der Waals surface area contributed by atoms with Crippen LogP contribution < -0.4 is 16.6 Å². The highest BCUT2D eigenvalue weighted by Gasteiger charge is 2.20. The van der Waals surface area contributed by atoms with Crippen molar-refractivity contribution >= 4 is 28.3 Å². The van der Waals surface area contributed by atoms with E-state index in [1.165, 1.54) is 35.0 Å². The van der Waals surface area contributed by atoms with E-state index in [9.17, 15) is 24.5 Å². The third kappa shape index (κ3) is 3.15. The van der Waals surface area contributed by atoms with Crippen LogP contribution in [0, 0.1) is 10.1 Å². The van der Waals surface area contributed by atoms with E-state index < -0.39 is 22.1 Å². The summed E-state index contributed by atoms with van der Waals surface area (Å²) in [6, 6.07) is 13.9. The monoisotopic (exact) mass is 405 g/mol. The number of aromatic amines is 1. The minimum absolute atomic E-state index is 0.0633. The second-order valence-corrected chi connectivity index (χ2v) is 6.55. The maximum atomic E-state index is 13.0. The Morgan fingerprint density at radius 3 is 2.53 bits per heavy atom.